The summed E-state index contributed by atoms with van der Waals surface area (Å²) in [6, 6.07) is 0.522. The van der Waals surface area contributed by atoms with E-state index in [-0.39, 0.29) is 6.10 Å². The van der Waals surface area contributed by atoms with Gasteiger partial charge in [-0.2, -0.15) is 0 Å². The van der Waals surface area contributed by atoms with E-state index in [0.29, 0.717) is 6.04 Å². The minimum Gasteiger partial charge on any atom is -0.393 e. The second-order valence-corrected chi connectivity index (χ2v) is 6.98. The molecular formula is C16H28N2OS. The number of hydrogen-bond acceptors (Lipinski definition) is 4. The van der Waals surface area contributed by atoms with E-state index < -0.39 is 0 Å². The smallest absolute Gasteiger partial charge is 0.0928 e. The van der Waals surface area contributed by atoms with Crippen molar-refractivity contribution in [3.05, 3.63) is 16.1 Å². The van der Waals surface area contributed by atoms with Gasteiger partial charge in [0, 0.05) is 18.0 Å². The lowest BCUT2D eigenvalue weighted by Crippen LogP contribution is -2.36. The van der Waals surface area contributed by atoms with Gasteiger partial charge < -0.3 is 5.11 Å². The number of thiazole rings is 1. The number of hydrogen-bond donors (Lipinski definition) is 1. The molecule has 0 amide bonds. The Morgan fingerprint density at radius 3 is 3.05 bits per heavy atom. The van der Waals surface area contributed by atoms with Gasteiger partial charge in [-0.3, -0.25) is 4.90 Å². The number of aliphatic hydroxyl groups is 1. The first kappa shape index (κ1) is 15.9. The summed E-state index contributed by atoms with van der Waals surface area (Å²) in [5.74, 6) is 0. The standard InChI is InChI=1S/C16H28N2OS/c1-3-7-16-17-14(12-20-16)11-18-9-6-4-5-8-15(18)10-13(2)19/h12-13,15,19H,3-11H2,1-2H3. The van der Waals surface area contributed by atoms with Crippen LogP contribution >= 0.6 is 11.3 Å². The maximum Gasteiger partial charge on any atom is 0.0928 e. The number of aliphatic hydroxyl groups excluding tert-OH is 1. The summed E-state index contributed by atoms with van der Waals surface area (Å²) in [5.41, 5.74) is 1.22. The Balaban J connectivity index is 1.98. The van der Waals surface area contributed by atoms with Crippen LogP contribution in [0.5, 0.6) is 0 Å². The highest BCUT2D eigenvalue weighted by Crippen LogP contribution is 2.23. The quantitative estimate of drug-likeness (QED) is 0.871. The van der Waals surface area contributed by atoms with Gasteiger partial charge in [0.05, 0.1) is 16.8 Å². The van der Waals surface area contributed by atoms with Crippen LogP contribution in [0.4, 0.5) is 0 Å². The van der Waals surface area contributed by atoms with Gasteiger partial charge in [-0.1, -0.05) is 19.8 Å². The monoisotopic (exact) mass is 296 g/mol. The van der Waals surface area contributed by atoms with E-state index >= 15 is 0 Å². The molecule has 114 valence electrons. The SMILES string of the molecule is CCCc1nc(CN2CCCCCC2CC(C)O)cs1. The Morgan fingerprint density at radius 1 is 1.45 bits per heavy atom. The Morgan fingerprint density at radius 2 is 2.30 bits per heavy atom. The van der Waals surface area contributed by atoms with Crippen molar-refractivity contribution in [1.29, 1.82) is 0 Å². The van der Waals surface area contributed by atoms with E-state index in [0.717, 1.165) is 25.9 Å². The number of nitrogens with zero attached hydrogens (tertiary/aromatic N) is 2. The number of aryl methyl sites for hydroxylation is 1. The van der Waals surface area contributed by atoms with E-state index in [9.17, 15) is 5.11 Å². The van der Waals surface area contributed by atoms with Crippen LogP contribution in [0, 0.1) is 0 Å². The van der Waals surface area contributed by atoms with Crippen molar-refractivity contribution in [2.75, 3.05) is 6.54 Å². The van der Waals surface area contributed by atoms with Crippen molar-refractivity contribution < 1.29 is 5.11 Å². The van der Waals surface area contributed by atoms with Gasteiger partial charge in [0.15, 0.2) is 0 Å². The molecule has 4 heteroatoms. The average Bonchev–Trinajstić information content (AvgIpc) is 2.72. The van der Waals surface area contributed by atoms with Crippen molar-refractivity contribution in [1.82, 2.24) is 9.88 Å². The molecule has 1 aliphatic rings. The van der Waals surface area contributed by atoms with Crippen LogP contribution in [0.25, 0.3) is 0 Å². The molecule has 1 saturated heterocycles. The van der Waals surface area contributed by atoms with Crippen LogP contribution in [0.2, 0.25) is 0 Å². The first-order chi connectivity index (χ1) is 9.69. The van der Waals surface area contributed by atoms with Gasteiger partial charge in [-0.05, 0) is 45.6 Å². The summed E-state index contributed by atoms with van der Waals surface area (Å²) in [7, 11) is 0. The van der Waals surface area contributed by atoms with Crippen LogP contribution in [-0.4, -0.2) is 33.7 Å². The lowest BCUT2D eigenvalue weighted by molar-refractivity contribution is 0.107. The van der Waals surface area contributed by atoms with Gasteiger partial charge in [0.2, 0.25) is 0 Å². The van der Waals surface area contributed by atoms with Crippen LogP contribution < -0.4 is 0 Å². The van der Waals surface area contributed by atoms with Crippen LogP contribution in [-0.2, 0) is 13.0 Å². The summed E-state index contributed by atoms with van der Waals surface area (Å²) in [5, 5.41) is 13.2. The Labute approximate surface area is 127 Å². The summed E-state index contributed by atoms with van der Waals surface area (Å²) < 4.78 is 0. The zero-order valence-electron chi connectivity index (χ0n) is 12.8. The predicted octanol–water partition coefficient (Wildman–Crippen LogP) is 3.61. The third kappa shape index (κ3) is 4.83. The zero-order valence-corrected chi connectivity index (χ0v) is 13.7. The Bertz CT molecular complexity index is 392. The Hall–Kier alpha value is -0.450. The second-order valence-electron chi connectivity index (χ2n) is 6.04. The molecule has 2 atom stereocenters. The fourth-order valence-corrected chi connectivity index (χ4v) is 3.96. The lowest BCUT2D eigenvalue weighted by atomic mass is 10.0. The van der Waals surface area contributed by atoms with Crippen LogP contribution in [0.1, 0.15) is 63.1 Å². The van der Waals surface area contributed by atoms with E-state index in [2.05, 4.69) is 17.2 Å². The first-order valence-corrected chi connectivity index (χ1v) is 8.92. The topological polar surface area (TPSA) is 36.4 Å². The zero-order chi connectivity index (χ0) is 14.4. The number of rotatable bonds is 6. The molecule has 2 unspecified atom stereocenters. The minimum atomic E-state index is -0.202. The molecule has 1 aromatic heterocycles. The van der Waals surface area contributed by atoms with Crippen molar-refractivity contribution in [3.8, 4) is 0 Å². The molecule has 20 heavy (non-hydrogen) atoms. The van der Waals surface area contributed by atoms with Crippen LogP contribution in [0.15, 0.2) is 5.38 Å². The van der Waals surface area contributed by atoms with Crippen molar-refractivity contribution in [2.24, 2.45) is 0 Å². The van der Waals surface area contributed by atoms with Gasteiger partial charge in [0.25, 0.3) is 0 Å². The summed E-state index contributed by atoms with van der Waals surface area (Å²) in [4.78, 5) is 7.30. The maximum absolute atomic E-state index is 9.71. The van der Waals surface area contributed by atoms with E-state index in [1.54, 1.807) is 11.3 Å². The second kappa shape index (κ2) is 8.11. The normalized spacial score (nSPS) is 22.6. The molecular weight excluding hydrogens is 268 g/mol. The van der Waals surface area contributed by atoms with E-state index in [1.807, 2.05) is 6.92 Å². The lowest BCUT2D eigenvalue weighted by Gasteiger charge is -2.30. The van der Waals surface area contributed by atoms with Gasteiger partial charge in [-0.25, -0.2) is 4.98 Å². The fraction of sp³-hybridized carbons (Fsp3) is 0.812. The first-order valence-electron chi connectivity index (χ1n) is 8.04. The maximum atomic E-state index is 9.71. The molecule has 0 bridgehead atoms. The molecule has 0 radical (unpaired) electrons. The molecule has 0 aromatic carbocycles. The van der Waals surface area contributed by atoms with Crippen molar-refractivity contribution >= 4 is 11.3 Å². The number of likely N-dealkylation sites (tertiary alicyclic amines) is 1. The third-order valence-corrected chi connectivity index (χ3v) is 5.00. The fourth-order valence-electron chi connectivity index (χ4n) is 3.06. The summed E-state index contributed by atoms with van der Waals surface area (Å²) >= 11 is 1.80. The Kier molecular flexibility index (Phi) is 6.46. The molecule has 1 fully saturated rings. The summed E-state index contributed by atoms with van der Waals surface area (Å²) in [6.07, 6.45) is 8.08. The number of aromatic nitrogens is 1. The third-order valence-electron chi connectivity index (χ3n) is 4.04. The predicted molar refractivity (Wildman–Crippen MR) is 85.1 cm³/mol. The highest BCUT2D eigenvalue weighted by molar-refractivity contribution is 7.09. The van der Waals surface area contributed by atoms with Crippen molar-refractivity contribution in [3.63, 3.8) is 0 Å². The molecule has 2 rings (SSSR count). The van der Waals surface area contributed by atoms with E-state index in [4.69, 9.17) is 4.98 Å². The molecule has 3 nitrogen and oxygen atoms in total. The molecule has 0 aliphatic carbocycles. The van der Waals surface area contributed by atoms with Gasteiger partial charge >= 0.3 is 0 Å². The molecule has 2 heterocycles. The van der Waals surface area contributed by atoms with Gasteiger partial charge in [-0.15, -0.1) is 11.3 Å². The van der Waals surface area contributed by atoms with Gasteiger partial charge in [0.1, 0.15) is 0 Å². The summed E-state index contributed by atoms with van der Waals surface area (Å²) in [6.45, 7) is 6.22. The molecule has 1 N–H and O–H groups in total. The highest BCUT2D eigenvalue weighted by Gasteiger charge is 2.23. The van der Waals surface area contributed by atoms with Crippen LogP contribution in [0.3, 0.4) is 0 Å². The van der Waals surface area contributed by atoms with E-state index in [1.165, 1.54) is 42.8 Å². The molecule has 1 aliphatic heterocycles. The minimum absolute atomic E-state index is 0.202. The highest BCUT2D eigenvalue weighted by atomic mass is 32.1. The largest absolute Gasteiger partial charge is 0.393 e. The molecule has 0 saturated carbocycles. The van der Waals surface area contributed by atoms with Crippen molar-refractivity contribution in [2.45, 2.75) is 77.5 Å². The average molecular weight is 296 g/mol. The molecule has 1 aromatic rings. The molecule has 0 spiro atoms.